The molecular weight excluding hydrogens is 224 g/mol. The lowest BCUT2D eigenvalue weighted by atomic mass is 9.94. The maximum Gasteiger partial charge on any atom is 0.113 e. The van der Waals surface area contributed by atoms with E-state index in [-0.39, 0.29) is 11.5 Å². The van der Waals surface area contributed by atoms with Crippen LogP contribution in [0.15, 0.2) is 60.1 Å². The number of allylic oxidation sites excluding steroid dienone is 6. The van der Waals surface area contributed by atoms with Gasteiger partial charge in [0.05, 0.1) is 0 Å². The Hall–Kier alpha value is -1.70. The minimum atomic E-state index is 0.0572. The van der Waals surface area contributed by atoms with E-state index in [0.29, 0.717) is 5.92 Å². The molecule has 0 saturated heterocycles. The molecule has 0 aromatic carbocycles. The summed E-state index contributed by atoms with van der Waals surface area (Å²) in [6, 6.07) is 0. The third-order valence-corrected chi connectivity index (χ3v) is 2.63. The fraction of sp³-hybridized carbons (Fsp3) is 0.375. The van der Waals surface area contributed by atoms with Gasteiger partial charge in [-0.15, -0.1) is 0 Å². The largest absolute Gasteiger partial charge is 0.509 e. The predicted molar refractivity (Wildman–Crippen MR) is 78.6 cm³/mol. The van der Waals surface area contributed by atoms with Crippen LogP contribution in [0.3, 0.4) is 0 Å². The van der Waals surface area contributed by atoms with E-state index in [4.69, 9.17) is 5.11 Å². The molecule has 0 rings (SSSR count). The van der Waals surface area contributed by atoms with Crippen LogP contribution in [0.4, 0.5) is 0 Å². The van der Waals surface area contributed by atoms with Gasteiger partial charge in [-0.25, -0.2) is 0 Å². The van der Waals surface area contributed by atoms with Gasteiger partial charge < -0.3 is 10.2 Å². The van der Waals surface area contributed by atoms with Gasteiger partial charge in [0.25, 0.3) is 0 Å². The maximum absolute atomic E-state index is 9.51. The van der Waals surface area contributed by atoms with Crippen molar-refractivity contribution in [3.8, 4) is 0 Å². The van der Waals surface area contributed by atoms with Gasteiger partial charge in [-0.2, -0.15) is 0 Å². The molecule has 0 heterocycles. The third kappa shape index (κ3) is 7.55. The smallest absolute Gasteiger partial charge is 0.113 e. The molecular formula is C16H24O2. The first-order valence-electron chi connectivity index (χ1n) is 6.09. The zero-order valence-electron chi connectivity index (χ0n) is 11.6. The second-order valence-corrected chi connectivity index (χ2v) is 4.75. The van der Waals surface area contributed by atoms with E-state index < -0.39 is 0 Å². The summed E-state index contributed by atoms with van der Waals surface area (Å²) in [4.78, 5) is 0. The summed E-state index contributed by atoms with van der Waals surface area (Å²) in [7, 11) is 0. The Morgan fingerprint density at radius 1 is 1.22 bits per heavy atom. The van der Waals surface area contributed by atoms with Crippen molar-refractivity contribution in [1.29, 1.82) is 0 Å². The molecule has 1 unspecified atom stereocenters. The Morgan fingerprint density at radius 2 is 1.83 bits per heavy atom. The molecule has 2 heteroatoms. The van der Waals surface area contributed by atoms with Crippen LogP contribution in [-0.2, 0) is 0 Å². The van der Waals surface area contributed by atoms with Gasteiger partial charge in [-0.05, 0) is 50.3 Å². The van der Waals surface area contributed by atoms with Crippen molar-refractivity contribution >= 4 is 0 Å². The summed E-state index contributed by atoms with van der Waals surface area (Å²) in [5, 5.41) is 18.4. The molecule has 0 aliphatic heterocycles. The average Bonchev–Trinajstić information content (AvgIpc) is 2.26. The first-order valence-corrected chi connectivity index (χ1v) is 6.09. The van der Waals surface area contributed by atoms with Gasteiger partial charge in [-0.1, -0.05) is 37.8 Å². The molecule has 18 heavy (non-hydrogen) atoms. The fourth-order valence-electron chi connectivity index (χ4n) is 1.81. The van der Waals surface area contributed by atoms with Gasteiger partial charge in [0.15, 0.2) is 0 Å². The first-order chi connectivity index (χ1) is 8.36. The Bertz CT molecular complexity index is 384. The molecule has 0 aromatic rings. The second kappa shape index (κ2) is 8.40. The standard InChI is InChI=1S/C16H24O2/c1-6-16(18)14(4)11-13(3)10-12(2)8-7-9-15(5)17/h6-9,13,17-18H,1,5,10-11H2,2-4H3/b9-7-,12-8+,16-14+. The number of rotatable bonds is 7. The normalized spacial score (nSPS) is 15.4. The minimum absolute atomic E-state index is 0.0572. The molecule has 100 valence electrons. The van der Waals surface area contributed by atoms with Gasteiger partial charge in [0.1, 0.15) is 11.5 Å². The van der Waals surface area contributed by atoms with E-state index >= 15 is 0 Å². The third-order valence-electron chi connectivity index (χ3n) is 2.63. The lowest BCUT2D eigenvalue weighted by molar-refractivity contribution is 0.416. The summed E-state index contributed by atoms with van der Waals surface area (Å²) in [5.74, 6) is 0.788. The molecule has 0 spiro atoms. The van der Waals surface area contributed by atoms with Crippen LogP contribution >= 0.6 is 0 Å². The number of hydrogen-bond donors (Lipinski definition) is 2. The maximum atomic E-state index is 9.51. The highest BCUT2D eigenvalue weighted by Crippen LogP contribution is 2.20. The van der Waals surface area contributed by atoms with E-state index in [1.807, 2.05) is 19.9 Å². The van der Waals surface area contributed by atoms with Crippen molar-refractivity contribution in [3.05, 3.63) is 60.1 Å². The Labute approximate surface area is 110 Å². The summed E-state index contributed by atoms with van der Waals surface area (Å²) in [6.07, 6.45) is 8.57. The second-order valence-electron chi connectivity index (χ2n) is 4.75. The zero-order chi connectivity index (χ0) is 14.1. The molecule has 0 aromatic heterocycles. The van der Waals surface area contributed by atoms with Crippen LogP contribution in [0, 0.1) is 5.92 Å². The molecule has 0 fully saturated rings. The first kappa shape index (κ1) is 16.3. The van der Waals surface area contributed by atoms with Gasteiger partial charge >= 0.3 is 0 Å². The van der Waals surface area contributed by atoms with Crippen molar-refractivity contribution in [2.75, 3.05) is 0 Å². The van der Waals surface area contributed by atoms with E-state index in [0.717, 1.165) is 18.4 Å². The highest BCUT2D eigenvalue weighted by molar-refractivity contribution is 5.18. The summed E-state index contributed by atoms with van der Waals surface area (Å²) >= 11 is 0. The molecule has 0 bridgehead atoms. The highest BCUT2D eigenvalue weighted by atomic mass is 16.3. The Morgan fingerprint density at radius 3 is 2.33 bits per heavy atom. The predicted octanol–water partition coefficient (Wildman–Crippen LogP) is 4.99. The summed E-state index contributed by atoms with van der Waals surface area (Å²) < 4.78 is 0. The van der Waals surface area contributed by atoms with Crippen molar-refractivity contribution in [2.24, 2.45) is 5.92 Å². The fourth-order valence-corrected chi connectivity index (χ4v) is 1.81. The van der Waals surface area contributed by atoms with Crippen LogP contribution in [0.5, 0.6) is 0 Å². The molecule has 0 amide bonds. The molecule has 2 N–H and O–H groups in total. The highest BCUT2D eigenvalue weighted by Gasteiger charge is 2.06. The van der Waals surface area contributed by atoms with Gasteiger partial charge in [-0.3, -0.25) is 0 Å². The Balaban J connectivity index is 4.36. The Kier molecular flexibility index (Phi) is 7.61. The quantitative estimate of drug-likeness (QED) is 0.492. The molecule has 1 atom stereocenters. The molecule has 0 radical (unpaired) electrons. The number of hydrogen-bond acceptors (Lipinski definition) is 2. The lowest BCUT2D eigenvalue weighted by Crippen LogP contribution is -1.98. The number of aliphatic hydroxyl groups excluding tert-OH is 2. The van der Waals surface area contributed by atoms with Crippen LogP contribution in [-0.4, -0.2) is 10.2 Å². The topological polar surface area (TPSA) is 40.5 Å². The van der Waals surface area contributed by atoms with Crippen LogP contribution < -0.4 is 0 Å². The molecule has 0 aliphatic carbocycles. The molecule has 2 nitrogen and oxygen atoms in total. The minimum Gasteiger partial charge on any atom is -0.509 e. The van der Waals surface area contributed by atoms with Gasteiger partial charge in [0.2, 0.25) is 0 Å². The van der Waals surface area contributed by atoms with Crippen LogP contribution in [0.25, 0.3) is 0 Å². The van der Waals surface area contributed by atoms with Crippen molar-refractivity contribution in [3.63, 3.8) is 0 Å². The van der Waals surface area contributed by atoms with E-state index in [1.165, 1.54) is 11.6 Å². The summed E-state index contributed by atoms with van der Waals surface area (Å²) in [6.45, 7) is 13.0. The van der Waals surface area contributed by atoms with Crippen molar-refractivity contribution < 1.29 is 10.2 Å². The summed E-state index contributed by atoms with van der Waals surface area (Å²) in [5.41, 5.74) is 2.19. The SMILES string of the molecule is C=C/C(O)=C(/C)CC(C)C/C(C)=C/C=C\C(=C)O. The average molecular weight is 248 g/mol. The molecule has 0 aliphatic rings. The van der Waals surface area contributed by atoms with Crippen LogP contribution in [0.2, 0.25) is 0 Å². The van der Waals surface area contributed by atoms with Crippen LogP contribution in [0.1, 0.15) is 33.6 Å². The monoisotopic (exact) mass is 248 g/mol. The van der Waals surface area contributed by atoms with Gasteiger partial charge in [0, 0.05) is 0 Å². The van der Waals surface area contributed by atoms with Crippen molar-refractivity contribution in [2.45, 2.75) is 33.6 Å². The van der Waals surface area contributed by atoms with E-state index in [9.17, 15) is 5.11 Å². The molecule has 0 saturated carbocycles. The zero-order valence-corrected chi connectivity index (χ0v) is 11.6. The van der Waals surface area contributed by atoms with E-state index in [1.54, 1.807) is 12.2 Å². The van der Waals surface area contributed by atoms with E-state index in [2.05, 4.69) is 20.1 Å². The lowest BCUT2D eigenvalue weighted by Gasteiger charge is -2.12. The number of aliphatic hydroxyl groups is 2. The van der Waals surface area contributed by atoms with Crippen molar-refractivity contribution in [1.82, 2.24) is 0 Å².